The number of hydrogen-bond acceptors (Lipinski definition) is 4. The summed E-state index contributed by atoms with van der Waals surface area (Å²) in [6.07, 6.45) is 0.597. The van der Waals surface area contributed by atoms with Crippen LogP contribution in [-0.2, 0) is 6.54 Å². The number of benzene rings is 3. The van der Waals surface area contributed by atoms with Gasteiger partial charge >= 0.3 is 6.03 Å². The number of anilines is 1. The average Bonchev–Trinajstić information content (AvgIpc) is 2.83. The minimum absolute atomic E-state index is 0.121. The Morgan fingerprint density at radius 3 is 2.82 bits per heavy atom. The molecule has 0 saturated carbocycles. The number of amides is 3. The zero-order valence-corrected chi connectivity index (χ0v) is 19.4. The molecule has 2 atom stereocenters. The normalized spacial score (nSPS) is 20.6. The highest BCUT2D eigenvalue weighted by Crippen LogP contribution is 2.45. The minimum Gasteiger partial charge on any atom is -0.496 e. The smallest absolute Gasteiger partial charge is 0.325 e. The highest BCUT2D eigenvalue weighted by Gasteiger charge is 2.49. The zero-order chi connectivity index (χ0) is 23.9. The number of ether oxygens (including phenoxy) is 2. The Balaban J connectivity index is 1.39. The fourth-order valence-electron chi connectivity index (χ4n) is 4.80. The first-order valence-electron chi connectivity index (χ1n) is 11.3. The summed E-state index contributed by atoms with van der Waals surface area (Å²) in [7, 11) is 1.60. The summed E-state index contributed by atoms with van der Waals surface area (Å²) in [5, 5.41) is 6.04. The van der Waals surface area contributed by atoms with Gasteiger partial charge in [-0.3, -0.25) is 9.69 Å². The van der Waals surface area contributed by atoms with Crippen molar-refractivity contribution < 1.29 is 19.1 Å². The van der Waals surface area contributed by atoms with Crippen LogP contribution in [0.25, 0.3) is 0 Å². The number of carbonyl (C=O) groups excluding carboxylic acids is 2. The Morgan fingerprint density at radius 1 is 1.18 bits per heavy atom. The van der Waals surface area contributed by atoms with E-state index in [1.807, 2.05) is 56.3 Å². The molecule has 0 aromatic heterocycles. The van der Waals surface area contributed by atoms with Crippen LogP contribution in [-0.4, -0.2) is 24.8 Å². The zero-order valence-electron chi connectivity index (χ0n) is 19.4. The second-order valence-electron chi connectivity index (χ2n) is 8.90. The van der Waals surface area contributed by atoms with E-state index < -0.39 is 5.72 Å². The van der Waals surface area contributed by atoms with E-state index in [9.17, 15) is 9.59 Å². The molecule has 2 aliphatic heterocycles. The number of urea groups is 1. The van der Waals surface area contributed by atoms with Crippen LogP contribution in [0.4, 0.5) is 10.5 Å². The molecule has 1 saturated heterocycles. The first-order chi connectivity index (χ1) is 16.4. The van der Waals surface area contributed by atoms with Crippen LogP contribution in [0.2, 0.25) is 0 Å². The summed E-state index contributed by atoms with van der Waals surface area (Å²) in [5.41, 5.74) is 3.18. The molecule has 2 N–H and O–H groups in total. The van der Waals surface area contributed by atoms with Crippen molar-refractivity contribution in [1.29, 1.82) is 0 Å². The van der Waals surface area contributed by atoms with Gasteiger partial charge in [0.05, 0.1) is 18.8 Å². The Labute approximate surface area is 198 Å². The second-order valence-corrected chi connectivity index (χ2v) is 8.90. The van der Waals surface area contributed by atoms with E-state index in [4.69, 9.17) is 9.47 Å². The molecule has 0 radical (unpaired) electrons. The molecule has 0 aliphatic carbocycles. The van der Waals surface area contributed by atoms with Crippen LogP contribution in [0.1, 0.15) is 46.4 Å². The number of hydrogen-bond donors (Lipinski definition) is 2. The van der Waals surface area contributed by atoms with Gasteiger partial charge in [-0.2, -0.15) is 0 Å². The van der Waals surface area contributed by atoms with Crippen LogP contribution < -0.4 is 25.0 Å². The third-order valence-corrected chi connectivity index (χ3v) is 6.43. The predicted molar refractivity (Wildman–Crippen MR) is 129 cm³/mol. The lowest BCUT2D eigenvalue weighted by atomic mass is 9.89. The molecule has 3 amide bonds. The van der Waals surface area contributed by atoms with Crippen molar-refractivity contribution in [3.8, 4) is 11.5 Å². The van der Waals surface area contributed by atoms with Crippen LogP contribution in [0.15, 0.2) is 66.7 Å². The monoisotopic (exact) mass is 457 g/mol. The number of aryl methyl sites for hydroxylation is 1. The van der Waals surface area contributed by atoms with E-state index >= 15 is 0 Å². The number of para-hydroxylation sites is 1. The maximum Gasteiger partial charge on any atom is 0.325 e. The Kier molecular flexibility index (Phi) is 5.40. The lowest BCUT2D eigenvalue weighted by Gasteiger charge is -2.50. The van der Waals surface area contributed by atoms with Crippen LogP contribution in [0, 0.1) is 6.92 Å². The molecule has 34 heavy (non-hydrogen) atoms. The van der Waals surface area contributed by atoms with Crippen molar-refractivity contribution in [2.24, 2.45) is 0 Å². The van der Waals surface area contributed by atoms with Gasteiger partial charge in [-0.15, -0.1) is 0 Å². The molecular formula is C27H27N3O4. The number of rotatable bonds is 5. The third kappa shape index (κ3) is 3.83. The molecule has 174 valence electrons. The maximum absolute atomic E-state index is 13.2. The van der Waals surface area contributed by atoms with Crippen molar-refractivity contribution in [3.63, 3.8) is 0 Å². The van der Waals surface area contributed by atoms with Crippen LogP contribution in [0.3, 0.4) is 0 Å². The third-order valence-electron chi connectivity index (χ3n) is 6.43. The average molecular weight is 458 g/mol. The van der Waals surface area contributed by atoms with E-state index in [1.54, 1.807) is 30.2 Å². The molecule has 2 heterocycles. The first kappa shape index (κ1) is 21.8. The number of carbonyl (C=O) groups is 2. The molecule has 1 fully saturated rings. The molecule has 2 bridgehead atoms. The number of nitrogens with one attached hydrogen (secondary N) is 2. The van der Waals surface area contributed by atoms with E-state index in [2.05, 4.69) is 16.7 Å². The highest BCUT2D eigenvalue weighted by atomic mass is 16.5. The molecule has 3 aromatic rings. The van der Waals surface area contributed by atoms with Gasteiger partial charge < -0.3 is 20.1 Å². The lowest BCUT2D eigenvalue weighted by molar-refractivity contribution is 0.0378. The number of methoxy groups -OCH3 is 1. The SMILES string of the molecule is COc1ccccc1CNC(=O)c1cccc(N2C(=O)NC3CC2(C)Oc2ccc(C)cc23)c1. The standard InChI is InChI=1S/C27H27N3O4/c1-17-11-12-24-21(13-17)22-15-27(2,34-24)30(26(32)29-22)20-9-6-8-18(14-20)25(31)28-16-19-7-4-5-10-23(19)33-3/h4-14,22H,15-16H2,1-3H3,(H,28,31)(H,29,32). The molecule has 7 nitrogen and oxygen atoms in total. The van der Waals surface area contributed by atoms with E-state index in [0.717, 1.165) is 22.4 Å². The summed E-state index contributed by atoms with van der Waals surface area (Å²) < 4.78 is 11.7. The van der Waals surface area contributed by atoms with E-state index in [-0.39, 0.29) is 18.0 Å². The van der Waals surface area contributed by atoms with Gasteiger partial charge in [0.25, 0.3) is 5.91 Å². The maximum atomic E-state index is 13.2. The van der Waals surface area contributed by atoms with Crippen molar-refractivity contribution in [1.82, 2.24) is 10.6 Å². The predicted octanol–water partition coefficient (Wildman–Crippen LogP) is 4.70. The van der Waals surface area contributed by atoms with Crippen LogP contribution >= 0.6 is 0 Å². The first-order valence-corrected chi connectivity index (χ1v) is 11.3. The highest BCUT2D eigenvalue weighted by molar-refractivity contribution is 5.99. The van der Waals surface area contributed by atoms with Crippen molar-refractivity contribution in [2.45, 2.75) is 38.6 Å². The number of fused-ring (bicyclic) bond motifs is 4. The van der Waals surface area contributed by atoms with Crippen LogP contribution in [0.5, 0.6) is 11.5 Å². The van der Waals surface area contributed by atoms with Gasteiger partial charge in [-0.05, 0) is 44.2 Å². The van der Waals surface area contributed by atoms with Crippen molar-refractivity contribution >= 4 is 17.6 Å². The van der Waals surface area contributed by atoms with Gasteiger partial charge in [0.2, 0.25) is 0 Å². The van der Waals surface area contributed by atoms with Crippen molar-refractivity contribution in [3.05, 3.63) is 89.0 Å². The molecule has 2 unspecified atom stereocenters. The largest absolute Gasteiger partial charge is 0.496 e. The fourth-order valence-corrected chi connectivity index (χ4v) is 4.80. The minimum atomic E-state index is -0.873. The molecule has 2 aliphatic rings. The van der Waals surface area contributed by atoms with Gasteiger partial charge in [-0.25, -0.2) is 4.79 Å². The quantitative estimate of drug-likeness (QED) is 0.582. The Hall–Kier alpha value is -4.00. The second kappa shape index (κ2) is 8.41. The lowest BCUT2D eigenvalue weighted by Crippen LogP contribution is -2.65. The summed E-state index contributed by atoms with van der Waals surface area (Å²) in [6, 6.07) is 20.2. The topological polar surface area (TPSA) is 79.9 Å². The van der Waals surface area contributed by atoms with Crippen molar-refractivity contribution in [2.75, 3.05) is 12.0 Å². The summed E-state index contributed by atoms with van der Waals surface area (Å²) in [4.78, 5) is 27.7. The molecule has 3 aromatic carbocycles. The molecule has 7 heteroatoms. The van der Waals surface area contributed by atoms with Gasteiger partial charge in [-0.1, -0.05) is 42.0 Å². The summed E-state index contributed by atoms with van der Waals surface area (Å²) in [5.74, 6) is 1.24. The fraction of sp³-hybridized carbons (Fsp3) is 0.259. The molecule has 5 rings (SSSR count). The Morgan fingerprint density at radius 2 is 2.00 bits per heavy atom. The summed E-state index contributed by atoms with van der Waals surface area (Å²) >= 11 is 0. The van der Waals surface area contributed by atoms with Gasteiger partial charge in [0.15, 0.2) is 5.72 Å². The molecular weight excluding hydrogens is 430 g/mol. The molecule has 0 spiro atoms. The van der Waals surface area contributed by atoms with Gasteiger partial charge in [0.1, 0.15) is 11.5 Å². The van der Waals surface area contributed by atoms with E-state index in [0.29, 0.717) is 30.0 Å². The Bertz CT molecular complexity index is 1270. The number of nitrogens with zero attached hydrogens (tertiary/aromatic N) is 1. The van der Waals surface area contributed by atoms with E-state index in [1.165, 1.54) is 0 Å². The summed E-state index contributed by atoms with van der Waals surface area (Å²) in [6.45, 7) is 4.27. The van der Waals surface area contributed by atoms with Gasteiger partial charge in [0, 0.05) is 29.7 Å².